The monoisotopic (exact) mass is 399 g/mol. The summed E-state index contributed by atoms with van der Waals surface area (Å²) in [6.07, 6.45) is 0. The molecule has 1 aromatic carbocycles. The van der Waals surface area contributed by atoms with Crippen LogP contribution in [-0.2, 0) is 4.74 Å². The third-order valence-electron chi connectivity index (χ3n) is 5.10. The summed E-state index contributed by atoms with van der Waals surface area (Å²) >= 11 is 0. The highest BCUT2D eigenvalue weighted by Gasteiger charge is 2.27. The summed E-state index contributed by atoms with van der Waals surface area (Å²) in [6, 6.07) is 5.74. The number of amides is 1. The number of aromatic hydroxyl groups is 1. The number of rotatable bonds is 4. The van der Waals surface area contributed by atoms with Crippen molar-refractivity contribution in [3.63, 3.8) is 0 Å². The molecule has 29 heavy (non-hydrogen) atoms. The molecule has 3 heterocycles. The Morgan fingerprint density at radius 3 is 3.00 bits per heavy atom. The number of ether oxygens (including phenoxy) is 1. The maximum atomic E-state index is 13.9. The third-order valence-corrected chi connectivity index (χ3v) is 5.10. The first kappa shape index (κ1) is 19.3. The van der Waals surface area contributed by atoms with Crippen LogP contribution < -0.4 is 5.32 Å². The van der Waals surface area contributed by atoms with Crippen LogP contribution in [0.25, 0.3) is 22.3 Å². The first-order valence-electron chi connectivity index (χ1n) is 9.34. The van der Waals surface area contributed by atoms with Crippen LogP contribution in [-0.4, -0.2) is 70.5 Å². The topological polar surface area (TPSA) is 103 Å². The summed E-state index contributed by atoms with van der Waals surface area (Å²) in [6.45, 7) is 4.09. The molecule has 1 atom stereocenters. The Bertz CT molecular complexity index is 1070. The minimum Gasteiger partial charge on any atom is -0.505 e. The fraction of sp³-hybridized carbons (Fsp3) is 0.350. The number of halogens is 1. The van der Waals surface area contributed by atoms with Gasteiger partial charge >= 0.3 is 0 Å². The molecule has 0 bridgehead atoms. The van der Waals surface area contributed by atoms with Crippen LogP contribution in [0.15, 0.2) is 24.3 Å². The van der Waals surface area contributed by atoms with Crippen LogP contribution in [0.2, 0.25) is 0 Å². The van der Waals surface area contributed by atoms with E-state index in [9.17, 15) is 14.3 Å². The average molecular weight is 399 g/mol. The lowest BCUT2D eigenvalue weighted by atomic mass is 10.0. The number of hydrogen-bond acceptors (Lipinski definition) is 6. The molecule has 9 heteroatoms. The average Bonchev–Trinajstić information content (AvgIpc) is 3.10. The molecule has 152 valence electrons. The number of methoxy groups -OCH3 is 1. The summed E-state index contributed by atoms with van der Waals surface area (Å²) < 4.78 is 19.1. The van der Waals surface area contributed by atoms with E-state index in [0.29, 0.717) is 59.8 Å². The van der Waals surface area contributed by atoms with Crippen molar-refractivity contribution in [2.24, 2.45) is 0 Å². The maximum absolute atomic E-state index is 13.9. The Kier molecular flexibility index (Phi) is 5.16. The van der Waals surface area contributed by atoms with Crippen molar-refractivity contribution >= 4 is 16.9 Å². The first-order valence-corrected chi connectivity index (χ1v) is 9.34. The van der Waals surface area contributed by atoms with Crippen LogP contribution in [0.3, 0.4) is 0 Å². The molecule has 1 aliphatic heterocycles. The maximum Gasteiger partial charge on any atom is 0.254 e. The molecule has 3 N–H and O–H groups in total. The van der Waals surface area contributed by atoms with Gasteiger partial charge in [0.2, 0.25) is 0 Å². The molecule has 2 aromatic heterocycles. The summed E-state index contributed by atoms with van der Waals surface area (Å²) in [5.41, 5.74) is 2.47. The molecule has 1 aliphatic rings. The van der Waals surface area contributed by atoms with Gasteiger partial charge in [-0.3, -0.25) is 9.89 Å². The predicted octanol–water partition coefficient (Wildman–Crippen LogP) is 1.84. The number of aryl methyl sites for hydroxylation is 1. The fourth-order valence-electron chi connectivity index (χ4n) is 3.66. The molecular weight excluding hydrogens is 377 g/mol. The minimum absolute atomic E-state index is 0.0612. The molecule has 1 fully saturated rings. The second-order valence-electron chi connectivity index (χ2n) is 7.11. The van der Waals surface area contributed by atoms with Gasteiger partial charge in [-0.15, -0.1) is 0 Å². The fourth-order valence-corrected chi connectivity index (χ4v) is 3.66. The largest absolute Gasteiger partial charge is 0.505 e. The SMILES string of the molecule is COCC1CN(C(=O)c2cc(-c3ccc(O)c(F)c3)nc3[nH]nc(C)c23)CCN1. The molecule has 8 nitrogen and oxygen atoms in total. The van der Waals surface area contributed by atoms with Crippen LogP contribution in [0.1, 0.15) is 16.1 Å². The molecule has 1 saturated heterocycles. The highest BCUT2D eigenvalue weighted by molar-refractivity contribution is 6.07. The molecule has 0 spiro atoms. The number of pyridine rings is 1. The van der Waals surface area contributed by atoms with Crippen molar-refractivity contribution < 1.29 is 19.0 Å². The van der Waals surface area contributed by atoms with E-state index < -0.39 is 11.6 Å². The number of carbonyl (C=O) groups excluding carboxylic acids is 1. The zero-order valence-electron chi connectivity index (χ0n) is 16.2. The van der Waals surface area contributed by atoms with Gasteiger partial charge in [0.15, 0.2) is 17.2 Å². The lowest BCUT2D eigenvalue weighted by Crippen LogP contribution is -2.54. The Balaban J connectivity index is 1.77. The molecule has 1 unspecified atom stereocenters. The van der Waals surface area contributed by atoms with E-state index in [2.05, 4.69) is 20.5 Å². The molecule has 4 rings (SSSR count). The number of hydrogen-bond donors (Lipinski definition) is 3. The Morgan fingerprint density at radius 2 is 2.24 bits per heavy atom. The number of aromatic amines is 1. The van der Waals surface area contributed by atoms with Gasteiger partial charge in [0.25, 0.3) is 5.91 Å². The van der Waals surface area contributed by atoms with Gasteiger partial charge in [-0.1, -0.05) is 0 Å². The smallest absolute Gasteiger partial charge is 0.254 e. The van der Waals surface area contributed by atoms with Gasteiger partial charge in [0, 0.05) is 38.3 Å². The molecule has 0 radical (unpaired) electrons. The van der Waals surface area contributed by atoms with Crippen molar-refractivity contribution in [3.8, 4) is 17.0 Å². The number of fused-ring (bicyclic) bond motifs is 1. The number of benzene rings is 1. The zero-order valence-corrected chi connectivity index (χ0v) is 16.2. The van der Waals surface area contributed by atoms with Gasteiger partial charge in [-0.25, -0.2) is 9.37 Å². The summed E-state index contributed by atoms with van der Waals surface area (Å²) in [4.78, 5) is 19.7. The van der Waals surface area contributed by atoms with Crippen molar-refractivity contribution in [1.82, 2.24) is 25.4 Å². The normalized spacial score (nSPS) is 17.1. The highest BCUT2D eigenvalue weighted by atomic mass is 19.1. The van der Waals surface area contributed by atoms with E-state index in [0.717, 1.165) is 0 Å². The number of aromatic nitrogens is 3. The van der Waals surface area contributed by atoms with E-state index in [1.807, 2.05) is 6.92 Å². The lowest BCUT2D eigenvalue weighted by molar-refractivity contribution is 0.0644. The Hall–Kier alpha value is -3.04. The van der Waals surface area contributed by atoms with E-state index in [4.69, 9.17) is 4.74 Å². The molecule has 0 aliphatic carbocycles. The number of carbonyl (C=O) groups is 1. The van der Waals surface area contributed by atoms with Gasteiger partial charge < -0.3 is 20.1 Å². The highest BCUT2D eigenvalue weighted by Crippen LogP contribution is 2.29. The third kappa shape index (κ3) is 3.66. The van der Waals surface area contributed by atoms with Crippen LogP contribution >= 0.6 is 0 Å². The molecule has 0 saturated carbocycles. The van der Waals surface area contributed by atoms with Gasteiger partial charge in [0.1, 0.15) is 0 Å². The van der Waals surface area contributed by atoms with Crippen LogP contribution in [0.5, 0.6) is 5.75 Å². The van der Waals surface area contributed by atoms with E-state index in [-0.39, 0.29) is 11.9 Å². The number of piperazine rings is 1. The van der Waals surface area contributed by atoms with E-state index >= 15 is 0 Å². The van der Waals surface area contributed by atoms with Crippen molar-refractivity contribution in [3.05, 3.63) is 41.3 Å². The Labute approximate surface area is 166 Å². The quantitative estimate of drug-likeness (QED) is 0.619. The standard InChI is InChI=1S/C20H22FN5O3/c1-11-18-14(20(28)26-6-5-22-13(9-26)10-29-2)8-16(23-19(18)25-24-11)12-3-4-17(27)15(21)7-12/h3-4,7-8,13,22,27H,5-6,9-10H2,1-2H3,(H,23,24,25). The number of nitrogens with zero attached hydrogens (tertiary/aromatic N) is 3. The number of nitrogens with one attached hydrogen (secondary N) is 2. The summed E-state index contributed by atoms with van der Waals surface area (Å²) in [5, 5.41) is 20.5. The minimum atomic E-state index is -0.748. The van der Waals surface area contributed by atoms with E-state index in [1.54, 1.807) is 24.1 Å². The second-order valence-corrected chi connectivity index (χ2v) is 7.11. The second kappa shape index (κ2) is 7.76. The first-order chi connectivity index (χ1) is 14.0. The van der Waals surface area contributed by atoms with Crippen molar-refractivity contribution in [2.75, 3.05) is 33.4 Å². The van der Waals surface area contributed by atoms with Crippen molar-refractivity contribution in [2.45, 2.75) is 13.0 Å². The molecular formula is C20H22FN5O3. The Morgan fingerprint density at radius 1 is 1.41 bits per heavy atom. The summed E-state index contributed by atoms with van der Waals surface area (Å²) in [7, 11) is 1.63. The number of phenolic OH excluding ortho intramolecular Hbond substituents is 1. The molecule has 3 aromatic rings. The van der Waals surface area contributed by atoms with Crippen LogP contribution in [0.4, 0.5) is 4.39 Å². The number of phenols is 1. The van der Waals surface area contributed by atoms with Crippen molar-refractivity contribution in [1.29, 1.82) is 0 Å². The molecule has 1 amide bonds. The van der Waals surface area contributed by atoms with Gasteiger partial charge in [0.05, 0.1) is 28.9 Å². The van der Waals surface area contributed by atoms with E-state index in [1.165, 1.54) is 12.1 Å². The van der Waals surface area contributed by atoms with Gasteiger partial charge in [-0.2, -0.15) is 5.10 Å². The predicted molar refractivity (Wildman–Crippen MR) is 105 cm³/mol. The number of H-pyrrole nitrogens is 1. The van der Waals surface area contributed by atoms with Gasteiger partial charge in [-0.05, 0) is 31.2 Å². The lowest BCUT2D eigenvalue weighted by Gasteiger charge is -2.33. The zero-order chi connectivity index (χ0) is 20.5. The summed E-state index contributed by atoms with van der Waals surface area (Å²) in [5.74, 6) is -1.32. The van der Waals surface area contributed by atoms with Crippen LogP contribution in [0, 0.1) is 12.7 Å².